The van der Waals surface area contributed by atoms with Crippen LogP contribution in [0.5, 0.6) is 11.5 Å². The molecular weight excluding hydrogens is 426 g/mol. The number of fused-ring (bicyclic) bond motifs is 1. The first-order chi connectivity index (χ1) is 15.4. The molecular formula is C24H33N3O4S. The number of hydrogen-bond acceptors (Lipinski definition) is 6. The zero-order chi connectivity index (χ0) is 22.7. The van der Waals surface area contributed by atoms with E-state index in [1.165, 1.54) is 37.1 Å². The Morgan fingerprint density at radius 3 is 2.44 bits per heavy atom. The third kappa shape index (κ3) is 4.72. The summed E-state index contributed by atoms with van der Waals surface area (Å²) in [5.74, 6) is 0.894. The van der Waals surface area contributed by atoms with Gasteiger partial charge in [0.1, 0.15) is 0 Å². The predicted octanol–water partition coefficient (Wildman–Crippen LogP) is 3.20. The molecule has 2 heterocycles. The van der Waals surface area contributed by atoms with Gasteiger partial charge < -0.3 is 14.4 Å². The monoisotopic (exact) mass is 459 g/mol. The van der Waals surface area contributed by atoms with Crippen LogP contribution in [0.1, 0.15) is 36.4 Å². The van der Waals surface area contributed by atoms with Gasteiger partial charge in [0.05, 0.1) is 19.1 Å². The molecule has 0 spiro atoms. The summed E-state index contributed by atoms with van der Waals surface area (Å²) in [4.78, 5) is 4.86. The molecule has 2 aliphatic heterocycles. The second-order valence-electron chi connectivity index (χ2n) is 8.54. The van der Waals surface area contributed by atoms with E-state index in [9.17, 15) is 8.42 Å². The minimum atomic E-state index is -3.70. The average Bonchev–Trinajstić information content (AvgIpc) is 3.33. The summed E-state index contributed by atoms with van der Waals surface area (Å²) < 4.78 is 39.5. The molecule has 0 amide bonds. The van der Waals surface area contributed by atoms with E-state index in [1.807, 2.05) is 0 Å². The van der Waals surface area contributed by atoms with Crippen molar-refractivity contribution >= 4 is 15.7 Å². The van der Waals surface area contributed by atoms with Crippen LogP contribution in [0.3, 0.4) is 0 Å². The Morgan fingerprint density at radius 1 is 0.969 bits per heavy atom. The molecule has 8 heteroatoms. The lowest BCUT2D eigenvalue weighted by Crippen LogP contribution is -2.37. The third-order valence-corrected chi connectivity index (χ3v) is 7.97. The molecule has 7 nitrogen and oxygen atoms in total. The Bertz CT molecular complexity index is 1050. The Hall–Kier alpha value is -2.29. The number of ether oxygens (including phenoxy) is 2. The van der Waals surface area contributed by atoms with E-state index in [1.54, 1.807) is 12.1 Å². The molecule has 0 radical (unpaired) electrons. The van der Waals surface area contributed by atoms with Gasteiger partial charge in [0, 0.05) is 37.9 Å². The van der Waals surface area contributed by atoms with Crippen LogP contribution in [-0.2, 0) is 16.4 Å². The maximum atomic E-state index is 13.1. The van der Waals surface area contributed by atoms with Crippen molar-refractivity contribution in [1.29, 1.82) is 0 Å². The summed E-state index contributed by atoms with van der Waals surface area (Å²) in [5, 5.41) is 0. The molecule has 2 aliphatic rings. The maximum Gasteiger partial charge on any atom is 0.240 e. The van der Waals surface area contributed by atoms with Gasteiger partial charge in [-0.3, -0.25) is 4.90 Å². The van der Waals surface area contributed by atoms with Crippen LogP contribution >= 0.6 is 0 Å². The van der Waals surface area contributed by atoms with Gasteiger partial charge in [0.2, 0.25) is 10.0 Å². The van der Waals surface area contributed by atoms with Gasteiger partial charge in [0.15, 0.2) is 11.5 Å². The summed E-state index contributed by atoms with van der Waals surface area (Å²) in [5.41, 5.74) is 3.81. The second-order valence-corrected chi connectivity index (χ2v) is 10.3. The Kier molecular flexibility index (Phi) is 6.93. The van der Waals surface area contributed by atoms with Crippen molar-refractivity contribution in [3.63, 3.8) is 0 Å². The number of nitrogens with zero attached hydrogens (tertiary/aromatic N) is 2. The molecule has 1 N–H and O–H groups in total. The van der Waals surface area contributed by atoms with Crippen LogP contribution in [0.4, 0.5) is 5.69 Å². The van der Waals surface area contributed by atoms with Gasteiger partial charge in [-0.2, -0.15) is 0 Å². The standard InChI is InChI=1S/C24H33N3O4S/c1-26-12-6-7-18-15-19(8-10-21(18)26)22(27-13-4-5-14-27)17-25-32(28,29)20-9-11-23(30-2)24(16-20)31-3/h8-11,15-16,22,25H,4-7,12-14,17H2,1-3H3/t22-/m0/s1. The summed E-state index contributed by atoms with van der Waals surface area (Å²) in [6, 6.07) is 11.3. The topological polar surface area (TPSA) is 71.1 Å². The van der Waals surface area contributed by atoms with Crippen molar-refractivity contribution < 1.29 is 17.9 Å². The number of sulfonamides is 1. The molecule has 4 rings (SSSR count). The number of likely N-dealkylation sites (tertiary alicyclic amines) is 1. The van der Waals surface area contributed by atoms with Gasteiger partial charge in [-0.1, -0.05) is 12.1 Å². The highest BCUT2D eigenvalue weighted by atomic mass is 32.2. The molecule has 0 aliphatic carbocycles. The maximum absolute atomic E-state index is 13.1. The SMILES string of the molecule is COc1ccc(S(=O)(=O)NC[C@@H](c2ccc3c(c2)CCCN3C)N2CCCC2)cc1OC. The van der Waals surface area contributed by atoms with Gasteiger partial charge in [-0.15, -0.1) is 0 Å². The number of anilines is 1. The molecule has 0 unspecified atom stereocenters. The van der Waals surface area contributed by atoms with Crippen LogP contribution < -0.4 is 19.1 Å². The summed E-state index contributed by atoms with van der Waals surface area (Å²) in [6.07, 6.45) is 4.50. The van der Waals surface area contributed by atoms with Crippen molar-refractivity contribution in [3.05, 3.63) is 47.5 Å². The first-order valence-electron chi connectivity index (χ1n) is 11.2. The molecule has 2 aromatic carbocycles. The average molecular weight is 460 g/mol. The van der Waals surface area contributed by atoms with E-state index in [-0.39, 0.29) is 10.9 Å². The van der Waals surface area contributed by atoms with Crippen molar-refractivity contribution in [3.8, 4) is 11.5 Å². The zero-order valence-corrected chi connectivity index (χ0v) is 20.0. The first kappa shape index (κ1) is 22.9. The molecule has 32 heavy (non-hydrogen) atoms. The minimum Gasteiger partial charge on any atom is -0.493 e. The summed E-state index contributed by atoms with van der Waals surface area (Å²) in [6.45, 7) is 3.37. The molecule has 174 valence electrons. The highest BCUT2D eigenvalue weighted by molar-refractivity contribution is 7.89. The van der Waals surface area contributed by atoms with Gasteiger partial charge >= 0.3 is 0 Å². The molecule has 0 aromatic heterocycles. The third-order valence-electron chi connectivity index (χ3n) is 6.55. The van der Waals surface area contributed by atoms with Crippen LogP contribution in [0.25, 0.3) is 0 Å². The molecule has 2 aromatic rings. The summed E-state index contributed by atoms with van der Waals surface area (Å²) >= 11 is 0. The number of benzene rings is 2. The Morgan fingerprint density at radius 2 is 1.72 bits per heavy atom. The highest BCUT2D eigenvalue weighted by Crippen LogP contribution is 2.33. The van der Waals surface area contributed by atoms with Crippen LogP contribution in [0, 0.1) is 0 Å². The number of aryl methyl sites for hydroxylation is 1. The fraction of sp³-hybridized carbons (Fsp3) is 0.500. The van der Waals surface area contributed by atoms with Gasteiger partial charge in [-0.05, 0) is 68.1 Å². The fourth-order valence-electron chi connectivity index (χ4n) is 4.78. The number of hydrogen-bond donors (Lipinski definition) is 1. The van der Waals surface area contributed by atoms with Crippen LogP contribution in [0.15, 0.2) is 41.3 Å². The van der Waals surface area contributed by atoms with Crippen molar-refractivity contribution in [2.45, 2.75) is 36.6 Å². The number of rotatable bonds is 8. The highest BCUT2D eigenvalue weighted by Gasteiger charge is 2.27. The molecule has 0 saturated carbocycles. The molecule has 1 atom stereocenters. The van der Waals surface area contributed by atoms with Crippen molar-refractivity contribution in [2.24, 2.45) is 0 Å². The molecule has 1 fully saturated rings. The largest absolute Gasteiger partial charge is 0.493 e. The minimum absolute atomic E-state index is 0.00458. The van der Waals surface area contributed by atoms with Crippen molar-refractivity contribution in [1.82, 2.24) is 9.62 Å². The van der Waals surface area contributed by atoms with E-state index in [4.69, 9.17) is 9.47 Å². The zero-order valence-electron chi connectivity index (χ0n) is 19.1. The van der Waals surface area contributed by atoms with Crippen LogP contribution in [0.2, 0.25) is 0 Å². The molecule has 1 saturated heterocycles. The second kappa shape index (κ2) is 9.68. The fourth-order valence-corrected chi connectivity index (χ4v) is 5.83. The lowest BCUT2D eigenvalue weighted by molar-refractivity contribution is 0.246. The lowest BCUT2D eigenvalue weighted by atomic mass is 9.96. The predicted molar refractivity (Wildman–Crippen MR) is 126 cm³/mol. The van der Waals surface area contributed by atoms with E-state index >= 15 is 0 Å². The lowest BCUT2D eigenvalue weighted by Gasteiger charge is -2.32. The quantitative estimate of drug-likeness (QED) is 0.654. The van der Waals surface area contributed by atoms with Crippen molar-refractivity contribution in [2.75, 3.05) is 52.3 Å². The van der Waals surface area contributed by atoms with Crippen LogP contribution in [-0.4, -0.2) is 60.8 Å². The Balaban J connectivity index is 1.58. The van der Waals surface area contributed by atoms with E-state index < -0.39 is 10.0 Å². The van der Waals surface area contributed by atoms with E-state index in [0.717, 1.165) is 45.3 Å². The first-order valence-corrected chi connectivity index (χ1v) is 12.7. The smallest absolute Gasteiger partial charge is 0.240 e. The summed E-state index contributed by atoms with van der Waals surface area (Å²) in [7, 11) is 1.46. The normalized spacial score (nSPS) is 17.8. The van der Waals surface area contributed by atoms with Gasteiger partial charge in [-0.25, -0.2) is 13.1 Å². The van der Waals surface area contributed by atoms with Gasteiger partial charge in [0.25, 0.3) is 0 Å². The number of nitrogens with one attached hydrogen (secondary N) is 1. The van der Waals surface area contributed by atoms with E-state index in [0.29, 0.717) is 18.0 Å². The molecule has 0 bridgehead atoms. The van der Waals surface area contributed by atoms with E-state index in [2.05, 4.69) is 39.8 Å². The Labute approximate surface area is 191 Å². The number of methoxy groups -OCH3 is 2.